The Morgan fingerprint density at radius 1 is 1.43 bits per heavy atom. The fourth-order valence-electron chi connectivity index (χ4n) is 2.45. The van der Waals surface area contributed by atoms with Crippen LogP contribution in [0.15, 0.2) is 0 Å². The van der Waals surface area contributed by atoms with Gasteiger partial charge < -0.3 is 9.67 Å². The van der Waals surface area contributed by atoms with E-state index in [1.54, 1.807) is 4.57 Å². The maximum absolute atomic E-state index is 11.6. The van der Waals surface area contributed by atoms with Crippen LogP contribution in [0, 0.1) is 6.92 Å². The molecule has 2 rings (SSSR count). The summed E-state index contributed by atoms with van der Waals surface area (Å²) in [5.41, 5.74) is 4.20. The largest absolute Gasteiger partial charge is 0.376 e. The molecule has 0 atom stereocenters. The van der Waals surface area contributed by atoms with Crippen LogP contribution in [0.4, 0.5) is 0 Å². The van der Waals surface area contributed by atoms with E-state index in [1.807, 2.05) is 13.8 Å². The van der Waals surface area contributed by atoms with Gasteiger partial charge in [0.2, 0.25) is 0 Å². The normalized spacial score (nSPS) is 14.9. The number of hydrogen-bond acceptors (Lipinski definition) is 2. The molecule has 0 saturated heterocycles. The lowest BCUT2D eigenvalue weighted by atomic mass is 10.1. The Hall–Kier alpha value is -1.09. The Morgan fingerprint density at radius 3 is 2.71 bits per heavy atom. The van der Waals surface area contributed by atoms with Gasteiger partial charge in [0, 0.05) is 12.1 Å². The summed E-state index contributed by atoms with van der Waals surface area (Å²) in [6, 6.07) is 0. The molecule has 3 nitrogen and oxygen atoms in total. The first kappa shape index (κ1) is 9.46. The van der Waals surface area contributed by atoms with Gasteiger partial charge in [-0.05, 0) is 30.9 Å². The first-order chi connectivity index (χ1) is 6.70. The molecule has 0 spiro atoms. The van der Waals surface area contributed by atoms with Gasteiger partial charge in [-0.25, -0.2) is 0 Å². The summed E-state index contributed by atoms with van der Waals surface area (Å²) in [5.74, 6) is 0.178. The number of ketones is 1. The Bertz CT molecular complexity index is 390. The minimum absolute atomic E-state index is 0.0783. The van der Waals surface area contributed by atoms with Crippen LogP contribution in [0.5, 0.6) is 0 Å². The van der Waals surface area contributed by atoms with E-state index in [2.05, 4.69) is 0 Å². The van der Waals surface area contributed by atoms with Crippen molar-refractivity contribution in [1.82, 2.24) is 4.57 Å². The van der Waals surface area contributed by atoms with Gasteiger partial charge in [0.15, 0.2) is 5.78 Å². The third-order valence-corrected chi connectivity index (χ3v) is 3.11. The summed E-state index contributed by atoms with van der Waals surface area (Å²) in [6.45, 7) is 4.02. The van der Waals surface area contributed by atoms with Crippen LogP contribution in [-0.2, 0) is 19.6 Å². The Balaban J connectivity index is 2.67. The number of rotatable bonds is 2. The topological polar surface area (TPSA) is 42.2 Å². The smallest absolute Gasteiger partial charge is 0.179 e. The van der Waals surface area contributed by atoms with Crippen molar-refractivity contribution in [3.05, 3.63) is 22.5 Å². The van der Waals surface area contributed by atoms with Crippen molar-refractivity contribution in [3.63, 3.8) is 0 Å². The van der Waals surface area contributed by atoms with Crippen LogP contribution in [-0.4, -0.2) is 15.5 Å². The zero-order valence-electron chi connectivity index (χ0n) is 8.63. The van der Waals surface area contributed by atoms with Crippen molar-refractivity contribution in [3.8, 4) is 0 Å². The van der Waals surface area contributed by atoms with Gasteiger partial charge in [-0.15, -0.1) is 0 Å². The van der Waals surface area contributed by atoms with Crippen LogP contribution in [0.3, 0.4) is 0 Å². The van der Waals surface area contributed by atoms with Gasteiger partial charge in [0.1, 0.15) is 6.73 Å². The van der Waals surface area contributed by atoms with E-state index in [4.69, 9.17) is 0 Å². The summed E-state index contributed by atoms with van der Waals surface area (Å²) in [6.07, 6.45) is 2.32. The third-order valence-electron chi connectivity index (χ3n) is 3.11. The quantitative estimate of drug-likeness (QED) is 0.772. The molecule has 0 unspecified atom stereocenters. The number of carbonyl (C=O) groups is 1. The van der Waals surface area contributed by atoms with Crippen molar-refractivity contribution in [2.24, 2.45) is 0 Å². The predicted molar refractivity (Wildman–Crippen MR) is 53.4 cm³/mol. The zero-order valence-corrected chi connectivity index (χ0v) is 8.63. The molecule has 0 amide bonds. The molecule has 0 bridgehead atoms. The van der Waals surface area contributed by atoms with Crippen molar-refractivity contribution in [1.29, 1.82) is 0 Å². The van der Waals surface area contributed by atoms with E-state index >= 15 is 0 Å². The molecule has 1 N–H and O–H groups in total. The lowest BCUT2D eigenvalue weighted by Crippen LogP contribution is -2.09. The molecule has 0 radical (unpaired) electrons. The first-order valence-electron chi connectivity index (χ1n) is 5.05. The lowest BCUT2D eigenvalue weighted by molar-refractivity contribution is 0.0974. The van der Waals surface area contributed by atoms with E-state index in [9.17, 15) is 9.90 Å². The van der Waals surface area contributed by atoms with Crippen LogP contribution in [0.2, 0.25) is 0 Å². The minimum atomic E-state index is -0.0783. The monoisotopic (exact) mass is 193 g/mol. The molecule has 1 aliphatic rings. The second-order valence-electron chi connectivity index (χ2n) is 3.75. The van der Waals surface area contributed by atoms with Crippen molar-refractivity contribution in [2.75, 3.05) is 0 Å². The van der Waals surface area contributed by atoms with Crippen molar-refractivity contribution in [2.45, 2.75) is 39.8 Å². The Morgan fingerprint density at radius 2 is 2.14 bits per heavy atom. The van der Waals surface area contributed by atoms with Crippen LogP contribution >= 0.6 is 0 Å². The van der Waals surface area contributed by atoms with Gasteiger partial charge in [0.05, 0.1) is 5.69 Å². The predicted octanol–water partition coefficient (Wildman–Crippen LogP) is 1.44. The van der Waals surface area contributed by atoms with E-state index < -0.39 is 0 Å². The maximum Gasteiger partial charge on any atom is 0.179 e. The Kier molecular flexibility index (Phi) is 2.19. The maximum atomic E-state index is 11.6. The number of aliphatic hydroxyl groups is 1. The lowest BCUT2D eigenvalue weighted by Gasteiger charge is -2.07. The highest BCUT2D eigenvalue weighted by atomic mass is 16.3. The summed E-state index contributed by atoms with van der Waals surface area (Å²) < 4.78 is 1.76. The summed E-state index contributed by atoms with van der Waals surface area (Å²) >= 11 is 0. The SMILES string of the molecule is CCc1c(C)c2c(n1CO)C(=O)CC2. The number of hydrogen-bond donors (Lipinski definition) is 1. The van der Waals surface area contributed by atoms with Crippen molar-refractivity contribution >= 4 is 5.78 Å². The molecule has 1 aromatic rings. The van der Waals surface area contributed by atoms with Crippen LogP contribution in [0.25, 0.3) is 0 Å². The molecule has 1 aliphatic carbocycles. The second kappa shape index (κ2) is 3.24. The Labute approximate surface area is 83.4 Å². The summed E-state index contributed by atoms with van der Waals surface area (Å²) in [5, 5.41) is 9.26. The van der Waals surface area contributed by atoms with E-state index in [-0.39, 0.29) is 12.5 Å². The minimum Gasteiger partial charge on any atom is -0.376 e. The highest BCUT2D eigenvalue weighted by Crippen LogP contribution is 2.30. The van der Waals surface area contributed by atoms with Crippen LogP contribution < -0.4 is 0 Å². The molecular formula is C11H15NO2. The molecule has 0 aliphatic heterocycles. The second-order valence-corrected chi connectivity index (χ2v) is 3.75. The number of Topliss-reactive ketones (excluding diaryl/α,β-unsaturated/α-hetero) is 1. The standard InChI is InChI=1S/C11H15NO2/c1-3-9-7(2)8-4-5-10(14)11(8)12(9)6-13/h13H,3-6H2,1-2H3. The van der Waals surface area contributed by atoms with Gasteiger partial charge in [-0.3, -0.25) is 4.79 Å². The molecule has 14 heavy (non-hydrogen) atoms. The van der Waals surface area contributed by atoms with Gasteiger partial charge in [0.25, 0.3) is 0 Å². The van der Waals surface area contributed by atoms with Gasteiger partial charge >= 0.3 is 0 Å². The number of aliphatic hydroxyl groups excluding tert-OH is 1. The third kappa shape index (κ3) is 1.05. The molecule has 0 aromatic carbocycles. The first-order valence-corrected chi connectivity index (χ1v) is 5.05. The number of aromatic nitrogens is 1. The average molecular weight is 193 g/mol. The van der Waals surface area contributed by atoms with Gasteiger partial charge in [-0.1, -0.05) is 6.92 Å². The average Bonchev–Trinajstić information content (AvgIpc) is 2.67. The summed E-state index contributed by atoms with van der Waals surface area (Å²) in [7, 11) is 0. The van der Waals surface area contributed by atoms with Crippen LogP contribution in [0.1, 0.15) is 40.7 Å². The fraction of sp³-hybridized carbons (Fsp3) is 0.545. The number of nitrogens with zero attached hydrogens (tertiary/aromatic N) is 1. The highest BCUT2D eigenvalue weighted by Gasteiger charge is 2.28. The molecule has 76 valence electrons. The zero-order chi connectivity index (χ0) is 10.3. The van der Waals surface area contributed by atoms with E-state index in [1.165, 1.54) is 5.56 Å². The fourth-order valence-corrected chi connectivity index (χ4v) is 2.45. The molecule has 1 aromatic heterocycles. The highest BCUT2D eigenvalue weighted by molar-refractivity contribution is 5.99. The van der Waals surface area contributed by atoms with E-state index in [0.717, 1.165) is 29.8 Å². The van der Waals surface area contributed by atoms with Crippen molar-refractivity contribution < 1.29 is 9.90 Å². The number of carbonyl (C=O) groups excluding carboxylic acids is 1. The molecule has 1 heterocycles. The summed E-state index contributed by atoms with van der Waals surface area (Å²) in [4.78, 5) is 11.6. The number of fused-ring (bicyclic) bond motifs is 1. The molecular weight excluding hydrogens is 178 g/mol. The van der Waals surface area contributed by atoms with E-state index in [0.29, 0.717) is 6.42 Å². The molecule has 3 heteroatoms. The molecule has 0 fully saturated rings. The molecule has 0 saturated carbocycles. The van der Waals surface area contributed by atoms with Gasteiger partial charge in [-0.2, -0.15) is 0 Å².